The molecule has 11 heteroatoms. The van der Waals surface area contributed by atoms with Gasteiger partial charge in [-0.25, -0.2) is 0 Å². The number of unbranched alkanes of at least 4 members (excludes halogenated alkanes) is 26. The van der Waals surface area contributed by atoms with Crippen LogP contribution in [0.3, 0.4) is 0 Å². The molecular weight excluding hydrogens is 811 g/mol. The predicted molar refractivity (Wildman–Crippen MR) is 260 cm³/mol. The first kappa shape index (κ1) is 59.9. The lowest BCUT2D eigenvalue weighted by Gasteiger charge is -2.40. The highest BCUT2D eigenvalue weighted by molar-refractivity contribution is 5.76. The average Bonchev–Trinajstić information content (AvgIpc) is 3.29. The molecule has 11 nitrogen and oxygen atoms in total. The standard InChI is InChI=1S/C53H97NO10/c1-3-5-7-9-11-13-20-25-29-33-37-41-49(58)62-42-38-34-30-26-22-19-17-15-16-18-21-24-28-32-36-40-48(57)54-45(44-63-53-52(61)51(60)50(59)47(43-55)64-53)46(56)39-35-31-27-23-14-12-10-8-6-4-2/h6,8,14,23,35,39,45-47,50-53,55-56,59-61H,3-5,7,9-13,15-22,24-34,36-38,40-44H2,1-2H3,(H,54,57)/b8-6+,23-14+,39-35+. The zero-order valence-electron chi connectivity index (χ0n) is 40.7. The zero-order valence-corrected chi connectivity index (χ0v) is 40.7. The Morgan fingerprint density at radius 2 is 1.03 bits per heavy atom. The van der Waals surface area contributed by atoms with Gasteiger partial charge in [-0.05, 0) is 51.4 Å². The molecule has 0 bridgehead atoms. The van der Waals surface area contributed by atoms with E-state index >= 15 is 0 Å². The summed E-state index contributed by atoms with van der Waals surface area (Å²) in [5, 5.41) is 54.1. The number of hydrogen-bond acceptors (Lipinski definition) is 10. The number of amides is 1. The summed E-state index contributed by atoms with van der Waals surface area (Å²) in [5.74, 6) is -0.229. The number of nitrogens with one attached hydrogen (secondary N) is 1. The van der Waals surface area contributed by atoms with Gasteiger partial charge in [-0.2, -0.15) is 0 Å². The van der Waals surface area contributed by atoms with Crippen molar-refractivity contribution in [3.63, 3.8) is 0 Å². The van der Waals surface area contributed by atoms with Crippen LogP contribution in [0.2, 0.25) is 0 Å². The lowest BCUT2D eigenvalue weighted by Crippen LogP contribution is -2.60. The van der Waals surface area contributed by atoms with E-state index in [9.17, 15) is 35.1 Å². The summed E-state index contributed by atoms with van der Waals surface area (Å²) in [7, 11) is 0. The summed E-state index contributed by atoms with van der Waals surface area (Å²) in [5.41, 5.74) is 0. The first-order valence-electron chi connectivity index (χ1n) is 26.3. The van der Waals surface area contributed by atoms with Gasteiger partial charge in [0.1, 0.15) is 24.4 Å². The van der Waals surface area contributed by atoms with Crippen molar-refractivity contribution in [2.24, 2.45) is 0 Å². The topological polar surface area (TPSA) is 175 Å². The maximum Gasteiger partial charge on any atom is 0.305 e. The van der Waals surface area contributed by atoms with Crippen molar-refractivity contribution in [1.29, 1.82) is 0 Å². The van der Waals surface area contributed by atoms with Gasteiger partial charge in [0.2, 0.25) is 5.91 Å². The smallest absolute Gasteiger partial charge is 0.305 e. The molecule has 0 saturated carbocycles. The van der Waals surface area contributed by atoms with Crippen molar-refractivity contribution in [2.75, 3.05) is 19.8 Å². The number of aliphatic hydroxyl groups excluding tert-OH is 5. The minimum absolute atomic E-state index is 0.0211. The fraction of sp³-hybridized carbons (Fsp3) is 0.849. The third kappa shape index (κ3) is 33.4. The van der Waals surface area contributed by atoms with Crippen molar-refractivity contribution in [3.8, 4) is 0 Å². The number of ether oxygens (including phenoxy) is 3. The van der Waals surface area contributed by atoms with E-state index < -0.39 is 49.5 Å². The second-order valence-electron chi connectivity index (χ2n) is 18.2. The highest BCUT2D eigenvalue weighted by atomic mass is 16.7. The summed E-state index contributed by atoms with van der Waals surface area (Å²) >= 11 is 0. The molecule has 374 valence electrons. The van der Waals surface area contributed by atoms with Gasteiger partial charge in [-0.3, -0.25) is 9.59 Å². The van der Waals surface area contributed by atoms with Crippen LogP contribution >= 0.6 is 0 Å². The Morgan fingerprint density at radius 1 is 0.578 bits per heavy atom. The van der Waals surface area contributed by atoms with Crippen molar-refractivity contribution >= 4 is 11.9 Å². The molecule has 0 aromatic heterocycles. The number of aliphatic hydroxyl groups is 5. The van der Waals surface area contributed by atoms with E-state index in [0.717, 1.165) is 83.5 Å². The van der Waals surface area contributed by atoms with Crippen molar-refractivity contribution in [1.82, 2.24) is 5.32 Å². The molecular formula is C53H97NO10. The molecule has 64 heavy (non-hydrogen) atoms. The van der Waals surface area contributed by atoms with E-state index in [0.29, 0.717) is 19.4 Å². The van der Waals surface area contributed by atoms with Crippen LogP contribution in [0.25, 0.3) is 0 Å². The Bertz CT molecular complexity index is 1160. The van der Waals surface area contributed by atoms with Crippen LogP contribution in [-0.4, -0.2) is 100 Å². The molecule has 7 unspecified atom stereocenters. The fourth-order valence-electron chi connectivity index (χ4n) is 8.06. The first-order valence-corrected chi connectivity index (χ1v) is 26.3. The lowest BCUT2D eigenvalue weighted by atomic mass is 9.99. The molecule has 0 aromatic rings. The van der Waals surface area contributed by atoms with Gasteiger partial charge in [0.25, 0.3) is 0 Å². The lowest BCUT2D eigenvalue weighted by molar-refractivity contribution is -0.302. The minimum Gasteiger partial charge on any atom is -0.466 e. The monoisotopic (exact) mass is 908 g/mol. The third-order valence-corrected chi connectivity index (χ3v) is 12.2. The second kappa shape index (κ2) is 43.5. The highest BCUT2D eigenvalue weighted by Crippen LogP contribution is 2.23. The van der Waals surface area contributed by atoms with Gasteiger partial charge in [0.05, 0.1) is 32.0 Å². The van der Waals surface area contributed by atoms with Crippen LogP contribution in [0.1, 0.15) is 226 Å². The van der Waals surface area contributed by atoms with Crippen molar-refractivity contribution in [3.05, 3.63) is 36.5 Å². The molecule has 0 radical (unpaired) electrons. The Kier molecular flexibility index (Phi) is 40.7. The number of carbonyl (C=O) groups excluding carboxylic acids is 2. The number of hydrogen-bond donors (Lipinski definition) is 6. The molecule has 1 fully saturated rings. The molecule has 1 amide bonds. The van der Waals surface area contributed by atoms with Crippen LogP contribution in [0, 0.1) is 0 Å². The number of esters is 1. The van der Waals surface area contributed by atoms with E-state index in [-0.39, 0.29) is 18.5 Å². The summed E-state index contributed by atoms with van der Waals surface area (Å²) in [6.07, 6.45) is 40.9. The maximum absolute atomic E-state index is 13.0. The van der Waals surface area contributed by atoms with E-state index in [1.54, 1.807) is 6.08 Å². The molecule has 0 aromatic carbocycles. The Balaban J connectivity index is 2.13. The summed E-state index contributed by atoms with van der Waals surface area (Å²) in [6.45, 7) is 4.15. The molecule has 1 heterocycles. The Labute approximate surface area is 390 Å². The van der Waals surface area contributed by atoms with Crippen LogP contribution < -0.4 is 5.32 Å². The van der Waals surface area contributed by atoms with Gasteiger partial charge >= 0.3 is 5.97 Å². The molecule has 1 saturated heterocycles. The Hall–Kier alpha value is -2.12. The van der Waals surface area contributed by atoms with E-state index in [1.807, 2.05) is 6.08 Å². The quantitative estimate of drug-likeness (QED) is 0.0196. The minimum atomic E-state index is -1.58. The van der Waals surface area contributed by atoms with Gasteiger partial charge in [-0.1, -0.05) is 198 Å². The van der Waals surface area contributed by atoms with E-state index in [1.165, 1.54) is 116 Å². The Morgan fingerprint density at radius 3 is 1.53 bits per heavy atom. The number of allylic oxidation sites excluding steroid dienone is 5. The second-order valence-corrected chi connectivity index (χ2v) is 18.2. The first-order chi connectivity index (χ1) is 31.2. The average molecular weight is 908 g/mol. The van der Waals surface area contributed by atoms with Crippen molar-refractivity contribution < 1.29 is 49.3 Å². The number of rotatable bonds is 44. The molecule has 0 spiro atoms. The van der Waals surface area contributed by atoms with Crippen molar-refractivity contribution in [2.45, 2.75) is 269 Å². The fourth-order valence-corrected chi connectivity index (χ4v) is 8.06. The summed E-state index contributed by atoms with van der Waals surface area (Å²) in [6, 6.07) is -0.839. The van der Waals surface area contributed by atoms with Gasteiger partial charge < -0.3 is 45.1 Å². The largest absolute Gasteiger partial charge is 0.466 e. The molecule has 1 aliphatic rings. The summed E-state index contributed by atoms with van der Waals surface area (Å²) < 4.78 is 16.6. The van der Waals surface area contributed by atoms with Gasteiger partial charge in [0.15, 0.2) is 6.29 Å². The number of carbonyl (C=O) groups is 2. The van der Waals surface area contributed by atoms with Crippen LogP contribution in [-0.2, 0) is 23.8 Å². The van der Waals surface area contributed by atoms with Crippen LogP contribution in [0.5, 0.6) is 0 Å². The van der Waals surface area contributed by atoms with Crippen LogP contribution in [0.15, 0.2) is 36.5 Å². The highest BCUT2D eigenvalue weighted by Gasteiger charge is 2.44. The molecule has 6 N–H and O–H groups in total. The zero-order chi connectivity index (χ0) is 46.7. The van der Waals surface area contributed by atoms with Gasteiger partial charge in [-0.15, -0.1) is 0 Å². The third-order valence-electron chi connectivity index (χ3n) is 12.2. The summed E-state index contributed by atoms with van der Waals surface area (Å²) in [4.78, 5) is 25.0. The van der Waals surface area contributed by atoms with E-state index in [2.05, 4.69) is 43.5 Å². The molecule has 0 aliphatic carbocycles. The normalized spacial score (nSPS) is 20.1. The molecule has 1 aliphatic heterocycles. The predicted octanol–water partition coefficient (Wildman–Crippen LogP) is 10.8. The SMILES string of the molecule is CC/C=C/CC/C=C/CC/C=C/C(O)C(COC1OC(CO)C(O)C(O)C1O)NC(=O)CCCCCCCCCCCCCCCCCOC(=O)CCCCCCCCCCCCC. The van der Waals surface area contributed by atoms with Crippen LogP contribution in [0.4, 0.5) is 0 Å². The maximum atomic E-state index is 13.0. The molecule has 1 rings (SSSR count). The molecule has 7 atom stereocenters. The van der Waals surface area contributed by atoms with E-state index in [4.69, 9.17) is 14.2 Å². The van der Waals surface area contributed by atoms with Gasteiger partial charge in [0, 0.05) is 12.8 Å².